The van der Waals surface area contributed by atoms with Crippen molar-refractivity contribution in [3.05, 3.63) is 11.9 Å². The molecule has 0 aromatic carbocycles. The second-order valence-corrected chi connectivity index (χ2v) is 3.24. The number of aliphatic hydroxyl groups excluding tert-OH is 2. The van der Waals surface area contributed by atoms with Crippen molar-refractivity contribution in [3.63, 3.8) is 0 Å². The zero-order valence-electron chi connectivity index (χ0n) is 7.51. The Kier molecular flexibility index (Phi) is 3.02. The van der Waals surface area contributed by atoms with E-state index in [9.17, 15) is 0 Å². The summed E-state index contributed by atoms with van der Waals surface area (Å²) in [6, 6.07) is 0. The van der Waals surface area contributed by atoms with E-state index < -0.39 is 5.54 Å². The molecule has 0 unspecified atom stereocenters. The highest BCUT2D eigenvalue weighted by Gasteiger charge is 2.24. The molecule has 13 heavy (non-hydrogen) atoms. The number of nitrogens with two attached hydrogens (primary N) is 1. The molecule has 0 bridgehead atoms. The van der Waals surface area contributed by atoms with Crippen LogP contribution in [0.4, 0.5) is 0 Å². The Labute approximate surface area is 76.8 Å². The molecule has 0 atom stereocenters. The largest absolute Gasteiger partial charge is 0.394 e. The maximum Gasteiger partial charge on any atom is 0.251 e. The third-order valence-corrected chi connectivity index (χ3v) is 1.81. The van der Waals surface area contributed by atoms with Gasteiger partial charge in [0.1, 0.15) is 0 Å². The van der Waals surface area contributed by atoms with E-state index in [1.807, 2.05) is 0 Å². The fourth-order valence-corrected chi connectivity index (χ4v) is 0.999. The molecule has 0 radical (unpaired) electrons. The third-order valence-electron chi connectivity index (χ3n) is 1.81. The van der Waals surface area contributed by atoms with Crippen LogP contribution in [0.25, 0.3) is 0 Å². The number of nitrogens with zero attached hydrogens (tertiary/aromatic N) is 3. The summed E-state index contributed by atoms with van der Waals surface area (Å²) < 4.78 is 1.55. The van der Waals surface area contributed by atoms with Gasteiger partial charge in [0.15, 0.2) is 0 Å². The first kappa shape index (κ1) is 10.2. The minimum absolute atomic E-state index is 0.278. The Morgan fingerprint density at radius 3 is 2.54 bits per heavy atom. The molecule has 1 rings (SSSR count). The molecule has 1 heterocycles. The van der Waals surface area contributed by atoms with Crippen molar-refractivity contribution < 1.29 is 10.2 Å². The van der Waals surface area contributed by atoms with Gasteiger partial charge in [-0.25, -0.2) is 0 Å². The highest BCUT2D eigenvalue weighted by atomic mass is 16.3. The third kappa shape index (κ3) is 2.51. The average Bonchev–Trinajstić information content (AvgIpc) is 2.51. The zero-order chi connectivity index (χ0) is 9.90. The standard InChI is InChI=1S/C6H13BN4O2/c7-11-2-5(9-10-11)1-6(8,3-12)4-13/h2,12-13H,1,3-4,7-8H2. The normalized spacial score (nSPS) is 11.9. The van der Waals surface area contributed by atoms with E-state index in [0.29, 0.717) is 12.1 Å². The molecule has 7 heteroatoms. The Bertz CT molecular complexity index is 273. The minimum atomic E-state index is -1.00. The molecule has 0 aliphatic rings. The average molecular weight is 184 g/mol. The molecular weight excluding hydrogens is 171 g/mol. The molecule has 4 N–H and O–H groups in total. The van der Waals surface area contributed by atoms with Gasteiger partial charge in [-0.1, -0.05) is 5.21 Å². The number of hydrogen-bond acceptors (Lipinski definition) is 5. The number of rotatable bonds is 4. The predicted molar refractivity (Wildman–Crippen MR) is 48.8 cm³/mol. The first-order valence-corrected chi connectivity index (χ1v) is 3.95. The highest BCUT2D eigenvalue weighted by molar-refractivity contribution is 6.05. The molecular formula is C6H13BN4O2. The minimum Gasteiger partial charge on any atom is -0.394 e. The van der Waals surface area contributed by atoms with Crippen molar-refractivity contribution in [3.8, 4) is 0 Å². The monoisotopic (exact) mass is 184 g/mol. The van der Waals surface area contributed by atoms with Crippen molar-refractivity contribution in [2.45, 2.75) is 12.0 Å². The van der Waals surface area contributed by atoms with Crippen LogP contribution in [0.5, 0.6) is 0 Å². The number of aromatic nitrogens is 3. The Morgan fingerprint density at radius 2 is 2.15 bits per heavy atom. The van der Waals surface area contributed by atoms with Crippen LogP contribution in [-0.2, 0) is 6.42 Å². The zero-order valence-corrected chi connectivity index (χ0v) is 7.51. The molecule has 72 valence electrons. The maximum absolute atomic E-state index is 8.91. The summed E-state index contributed by atoms with van der Waals surface area (Å²) in [5.41, 5.74) is 5.32. The molecule has 0 aliphatic heterocycles. The van der Waals surface area contributed by atoms with Crippen LogP contribution in [-0.4, -0.2) is 51.9 Å². The molecule has 1 aromatic heterocycles. The molecule has 0 spiro atoms. The first-order chi connectivity index (χ1) is 6.09. The van der Waals surface area contributed by atoms with Crippen molar-refractivity contribution in [1.82, 2.24) is 14.9 Å². The summed E-state index contributed by atoms with van der Waals surface area (Å²) in [6.45, 7) is -0.555. The quantitative estimate of drug-likeness (QED) is 0.430. The molecule has 6 nitrogen and oxygen atoms in total. The van der Waals surface area contributed by atoms with E-state index >= 15 is 0 Å². The summed E-state index contributed by atoms with van der Waals surface area (Å²) in [4.78, 5) is 0. The van der Waals surface area contributed by atoms with Crippen LogP contribution in [0.15, 0.2) is 6.20 Å². The van der Waals surface area contributed by atoms with Gasteiger partial charge in [-0.2, -0.15) is 0 Å². The molecule has 0 fully saturated rings. The van der Waals surface area contributed by atoms with Crippen molar-refractivity contribution >= 4 is 7.98 Å². The summed E-state index contributed by atoms with van der Waals surface area (Å²) >= 11 is 0. The van der Waals surface area contributed by atoms with Crippen molar-refractivity contribution in [2.75, 3.05) is 13.2 Å². The second kappa shape index (κ2) is 3.86. The number of hydrogen-bond donors (Lipinski definition) is 3. The van der Waals surface area contributed by atoms with Crippen LogP contribution in [0.3, 0.4) is 0 Å². The Balaban J connectivity index is 2.67. The highest BCUT2D eigenvalue weighted by Crippen LogP contribution is 2.06. The maximum atomic E-state index is 8.91. The number of aliphatic hydroxyl groups is 2. The molecule has 1 aromatic rings. The van der Waals surface area contributed by atoms with Gasteiger partial charge in [0.25, 0.3) is 7.98 Å². The van der Waals surface area contributed by atoms with E-state index in [0.717, 1.165) is 0 Å². The lowest BCUT2D eigenvalue weighted by Crippen LogP contribution is -2.49. The lowest BCUT2D eigenvalue weighted by Gasteiger charge is -2.22. The second-order valence-electron chi connectivity index (χ2n) is 3.24. The molecule has 0 aliphatic carbocycles. The van der Waals surface area contributed by atoms with Gasteiger partial charge < -0.3 is 20.5 Å². The molecule has 0 saturated carbocycles. The van der Waals surface area contributed by atoms with Gasteiger partial charge in [0, 0.05) is 12.6 Å². The van der Waals surface area contributed by atoms with Gasteiger partial charge >= 0.3 is 0 Å². The van der Waals surface area contributed by atoms with E-state index in [4.69, 9.17) is 15.9 Å². The van der Waals surface area contributed by atoms with E-state index in [2.05, 4.69) is 10.3 Å². The van der Waals surface area contributed by atoms with Crippen LogP contribution in [0.2, 0.25) is 0 Å². The van der Waals surface area contributed by atoms with Gasteiger partial charge in [0.05, 0.1) is 24.4 Å². The van der Waals surface area contributed by atoms with Crippen LogP contribution in [0, 0.1) is 0 Å². The lowest BCUT2D eigenvalue weighted by atomic mass is 9.97. The summed E-state index contributed by atoms with van der Waals surface area (Å²) in [6.07, 6.45) is 2.01. The van der Waals surface area contributed by atoms with Crippen molar-refractivity contribution in [1.29, 1.82) is 0 Å². The smallest absolute Gasteiger partial charge is 0.251 e. The molecule has 0 amide bonds. The lowest BCUT2D eigenvalue weighted by molar-refractivity contribution is 0.120. The van der Waals surface area contributed by atoms with E-state index in [1.54, 1.807) is 18.8 Å². The predicted octanol–water partition coefficient (Wildman–Crippen LogP) is -3.10. The first-order valence-electron chi connectivity index (χ1n) is 3.95. The topological polar surface area (TPSA) is 97.2 Å². The van der Waals surface area contributed by atoms with Crippen LogP contribution >= 0.6 is 0 Å². The fourth-order valence-electron chi connectivity index (χ4n) is 0.999. The van der Waals surface area contributed by atoms with Crippen LogP contribution < -0.4 is 5.73 Å². The summed E-state index contributed by atoms with van der Waals surface area (Å²) in [5.74, 6) is 0. The summed E-state index contributed by atoms with van der Waals surface area (Å²) in [7, 11) is 1.74. The van der Waals surface area contributed by atoms with E-state index in [-0.39, 0.29) is 13.2 Å². The summed E-state index contributed by atoms with van der Waals surface area (Å²) in [5, 5.41) is 25.4. The van der Waals surface area contributed by atoms with Gasteiger partial charge in [-0.05, 0) is 0 Å². The van der Waals surface area contributed by atoms with Gasteiger partial charge in [-0.3, -0.25) is 0 Å². The van der Waals surface area contributed by atoms with Crippen molar-refractivity contribution in [2.24, 2.45) is 5.73 Å². The van der Waals surface area contributed by atoms with Gasteiger partial charge in [0.2, 0.25) is 0 Å². The van der Waals surface area contributed by atoms with Crippen LogP contribution in [0.1, 0.15) is 5.69 Å². The Morgan fingerprint density at radius 1 is 1.54 bits per heavy atom. The Hall–Kier alpha value is -0.915. The SMILES string of the molecule is Bn1cc(CC(N)(CO)CO)nn1. The van der Waals surface area contributed by atoms with Gasteiger partial charge in [-0.15, -0.1) is 5.10 Å². The molecule has 0 saturated heterocycles. The fraction of sp³-hybridized carbons (Fsp3) is 0.667. The van der Waals surface area contributed by atoms with E-state index in [1.165, 1.54) is 0 Å².